The van der Waals surface area contributed by atoms with Crippen molar-refractivity contribution >= 4 is 11.8 Å². The summed E-state index contributed by atoms with van der Waals surface area (Å²) in [5, 5.41) is 2.43. The highest BCUT2D eigenvalue weighted by atomic mass is 16.2. The minimum atomic E-state index is -0.0783. The molecule has 0 aromatic rings. The van der Waals surface area contributed by atoms with Crippen LogP contribution in [0.3, 0.4) is 0 Å². The van der Waals surface area contributed by atoms with E-state index in [1.165, 1.54) is 19.3 Å². The van der Waals surface area contributed by atoms with E-state index in [9.17, 15) is 9.59 Å². The molecule has 1 aliphatic heterocycles. The molecule has 1 saturated heterocycles. The summed E-state index contributed by atoms with van der Waals surface area (Å²) in [5.74, 6) is 0.981. The second kappa shape index (κ2) is 4.33. The van der Waals surface area contributed by atoms with Crippen LogP contribution in [-0.2, 0) is 9.59 Å². The summed E-state index contributed by atoms with van der Waals surface area (Å²) in [6.07, 6.45) is 6.45. The molecule has 0 bridgehead atoms. The fourth-order valence-corrected chi connectivity index (χ4v) is 3.19. The maximum Gasteiger partial charge on any atom is 0.230 e. The average Bonchev–Trinajstić information content (AvgIpc) is 2.57. The third-order valence-corrected chi connectivity index (χ3v) is 4.01. The Balaban J connectivity index is 2.07. The van der Waals surface area contributed by atoms with Gasteiger partial charge in [-0.05, 0) is 18.3 Å². The Bertz CT molecular complexity index is 275. The molecule has 0 radical (unpaired) electrons. The van der Waals surface area contributed by atoms with Gasteiger partial charge in [0.15, 0.2) is 0 Å². The molecule has 1 saturated carbocycles. The van der Waals surface area contributed by atoms with Crippen molar-refractivity contribution in [2.24, 2.45) is 17.8 Å². The van der Waals surface area contributed by atoms with Crippen LogP contribution in [0.2, 0.25) is 0 Å². The van der Waals surface area contributed by atoms with Crippen LogP contribution in [0.1, 0.15) is 45.4 Å². The Morgan fingerprint density at radius 3 is 2.60 bits per heavy atom. The number of amides is 2. The number of imide groups is 1. The maximum atomic E-state index is 11.6. The first-order valence-electron chi connectivity index (χ1n) is 6.06. The highest BCUT2D eigenvalue weighted by molar-refractivity contribution is 6.03. The number of hydrogen-bond acceptors (Lipinski definition) is 2. The molecule has 0 aromatic carbocycles. The monoisotopic (exact) mass is 209 g/mol. The zero-order valence-corrected chi connectivity index (χ0v) is 9.29. The Morgan fingerprint density at radius 1 is 1.27 bits per heavy atom. The van der Waals surface area contributed by atoms with Crippen molar-refractivity contribution in [3.05, 3.63) is 0 Å². The number of nitrogens with one attached hydrogen (secondary N) is 1. The quantitative estimate of drug-likeness (QED) is 0.706. The number of carbonyl (C=O) groups is 2. The lowest BCUT2D eigenvalue weighted by atomic mass is 9.71. The molecule has 3 atom stereocenters. The second-order valence-electron chi connectivity index (χ2n) is 4.84. The summed E-state index contributed by atoms with van der Waals surface area (Å²) in [6, 6.07) is 0. The van der Waals surface area contributed by atoms with Crippen LogP contribution in [0.4, 0.5) is 0 Å². The largest absolute Gasteiger partial charge is 0.296 e. The second-order valence-corrected chi connectivity index (χ2v) is 4.84. The van der Waals surface area contributed by atoms with Crippen molar-refractivity contribution in [1.29, 1.82) is 0 Å². The molecular formula is C12H19NO2. The van der Waals surface area contributed by atoms with Gasteiger partial charge >= 0.3 is 0 Å². The molecule has 3 unspecified atom stereocenters. The van der Waals surface area contributed by atoms with Gasteiger partial charge in [0.1, 0.15) is 0 Å². The molecular weight excluding hydrogens is 190 g/mol. The van der Waals surface area contributed by atoms with Gasteiger partial charge in [0.2, 0.25) is 11.8 Å². The van der Waals surface area contributed by atoms with Crippen LogP contribution in [0.25, 0.3) is 0 Å². The lowest BCUT2D eigenvalue weighted by molar-refractivity contribution is -0.126. The minimum Gasteiger partial charge on any atom is -0.296 e. The number of hydrogen-bond donors (Lipinski definition) is 1. The molecule has 2 rings (SSSR count). The van der Waals surface area contributed by atoms with Crippen LogP contribution in [0.5, 0.6) is 0 Å². The molecule has 2 aliphatic rings. The van der Waals surface area contributed by atoms with Gasteiger partial charge in [-0.1, -0.05) is 32.6 Å². The van der Waals surface area contributed by atoms with Crippen molar-refractivity contribution in [2.45, 2.75) is 45.4 Å². The smallest absolute Gasteiger partial charge is 0.230 e. The van der Waals surface area contributed by atoms with Crippen LogP contribution >= 0.6 is 0 Å². The van der Waals surface area contributed by atoms with Crippen molar-refractivity contribution in [1.82, 2.24) is 5.32 Å². The molecule has 1 heterocycles. The summed E-state index contributed by atoms with van der Waals surface area (Å²) in [5.41, 5.74) is 0. The summed E-state index contributed by atoms with van der Waals surface area (Å²) >= 11 is 0. The van der Waals surface area contributed by atoms with E-state index in [2.05, 4.69) is 12.2 Å². The molecule has 0 aromatic heterocycles. The Hall–Kier alpha value is -0.860. The first-order chi connectivity index (χ1) is 7.22. The van der Waals surface area contributed by atoms with Crippen LogP contribution < -0.4 is 5.32 Å². The van der Waals surface area contributed by atoms with Gasteiger partial charge in [-0.3, -0.25) is 14.9 Å². The fourth-order valence-electron chi connectivity index (χ4n) is 3.19. The van der Waals surface area contributed by atoms with E-state index in [4.69, 9.17) is 0 Å². The lowest BCUT2D eigenvalue weighted by Crippen LogP contribution is -2.32. The van der Waals surface area contributed by atoms with Gasteiger partial charge in [-0.25, -0.2) is 0 Å². The van der Waals surface area contributed by atoms with E-state index in [1.54, 1.807) is 0 Å². The first kappa shape index (κ1) is 10.7. The summed E-state index contributed by atoms with van der Waals surface area (Å²) in [6.45, 7) is 2.19. The third kappa shape index (κ3) is 2.06. The van der Waals surface area contributed by atoms with E-state index >= 15 is 0 Å². The molecule has 15 heavy (non-hydrogen) atoms. The third-order valence-electron chi connectivity index (χ3n) is 4.01. The zero-order chi connectivity index (χ0) is 10.8. The van der Waals surface area contributed by atoms with Gasteiger partial charge in [-0.15, -0.1) is 0 Å². The van der Waals surface area contributed by atoms with E-state index in [0.29, 0.717) is 18.3 Å². The van der Waals surface area contributed by atoms with E-state index in [1.807, 2.05) is 0 Å². The molecule has 3 heteroatoms. The Labute approximate surface area is 90.6 Å². The van der Waals surface area contributed by atoms with E-state index in [-0.39, 0.29) is 17.7 Å². The van der Waals surface area contributed by atoms with Crippen LogP contribution in [0.15, 0.2) is 0 Å². The highest BCUT2D eigenvalue weighted by Gasteiger charge is 2.40. The van der Waals surface area contributed by atoms with Gasteiger partial charge in [0.25, 0.3) is 0 Å². The number of carbonyl (C=O) groups excluding carboxylic acids is 2. The lowest BCUT2D eigenvalue weighted by Gasteiger charge is -2.33. The SMILES string of the molecule is CCC1CCCCC1C1CC(=O)NC1=O. The normalized spacial score (nSPS) is 36.7. The molecule has 1 N–H and O–H groups in total. The van der Waals surface area contributed by atoms with E-state index < -0.39 is 0 Å². The van der Waals surface area contributed by atoms with Crippen molar-refractivity contribution < 1.29 is 9.59 Å². The van der Waals surface area contributed by atoms with Crippen molar-refractivity contribution in [2.75, 3.05) is 0 Å². The molecule has 0 spiro atoms. The molecule has 84 valence electrons. The van der Waals surface area contributed by atoms with Crippen LogP contribution in [-0.4, -0.2) is 11.8 Å². The predicted molar refractivity (Wildman–Crippen MR) is 57.0 cm³/mol. The van der Waals surface area contributed by atoms with Gasteiger partial charge < -0.3 is 0 Å². The fraction of sp³-hybridized carbons (Fsp3) is 0.833. The Morgan fingerprint density at radius 2 is 2.00 bits per heavy atom. The van der Waals surface area contributed by atoms with Gasteiger partial charge in [-0.2, -0.15) is 0 Å². The minimum absolute atomic E-state index is 0.0228. The summed E-state index contributed by atoms with van der Waals surface area (Å²) in [7, 11) is 0. The topological polar surface area (TPSA) is 46.2 Å². The van der Waals surface area contributed by atoms with Gasteiger partial charge in [0.05, 0.1) is 5.92 Å². The van der Waals surface area contributed by atoms with Gasteiger partial charge in [0, 0.05) is 6.42 Å². The zero-order valence-electron chi connectivity index (χ0n) is 9.29. The molecule has 3 nitrogen and oxygen atoms in total. The Kier molecular flexibility index (Phi) is 3.08. The molecule has 2 amide bonds. The number of rotatable bonds is 2. The van der Waals surface area contributed by atoms with Crippen molar-refractivity contribution in [3.8, 4) is 0 Å². The van der Waals surface area contributed by atoms with Crippen LogP contribution in [0, 0.1) is 17.8 Å². The maximum absolute atomic E-state index is 11.6. The molecule has 2 fully saturated rings. The highest BCUT2D eigenvalue weighted by Crippen LogP contribution is 2.39. The van der Waals surface area contributed by atoms with Crippen molar-refractivity contribution in [3.63, 3.8) is 0 Å². The summed E-state index contributed by atoms with van der Waals surface area (Å²) < 4.78 is 0. The average molecular weight is 209 g/mol. The van der Waals surface area contributed by atoms with E-state index in [0.717, 1.165) is 12.8 Å². The summed E-state index contributed by atoms with van der Waals surface area (Å²) in [4.78, 5) is 22.8. The first-order valence-corrected chi connectivity index (χ1v) is 6.06. The molecule has 1 aliphatic carbocycles. The predicted octanol–water partition coefficient (Wildman–Crippen LogP) is 1.87. The standard InChI is InChI=1S/C12H19NO2/c1-2-8-5-3-4-6-9(8)10-7-11(14)13-12(10)15/h8-10H,2-7H2,1H3,(H,13,14,15).